The molecule has 0 spiro atoms. The van der Waals surface area contributed by atoms with Crippen molar-refractivity contribution in [3.05, 3.63) is 0 Å². The third-order valence-electron chi connectivity index (χ3n) is 7.03. The largest absolute Gasteiger partial charge is 0.483 e. The first-order valence-corrected chi connectivity index (χ1v) is 16.8. The van der Waals surface area contributed by atoms with Crippen LogP contribution in [0.4, 0.5) is 0 Å². The molecule has 1 heterocycles. The molecule has 17 nitrogen and oxygen atoms in total. The highest BCUT2D eigenvalue weighted by Crippen LogP contribution is 2.01. The Kier molecular flexibility index (Phi) is 31.3. The van der Waals surface area contributed by atoms with Crippen LogP contribution in [0.25, 0.3) is 0 Å². The molecule has 48 heavy (non-hydrogen) atoms. The van der Waals surface area contributed by atoms with E-state index < -0.39 is 11.9 Å². The van der Waals surface area contributed by atoms with Crippen molar-refractivity contribution in [1.82, 2.24) is 35.6 Å². The zero-order valence-corrected chi connectivity index (χ0v) is 29.4. The van der Waals surface area contributed by atoms with Crippen LogP contribution in [0.15, 0.2) is 0 Å². The van der Waals surface area contributed by atoms with Crippen molar-refractivity contribution >= 4 is 36.1 Å². The van der Waals surface area contributed by atoms with Gasteiger partial charge in [-0.1, -0.05) is 34.1 Å². The summed E-state index contributed by atoms with van der Waals surface area (Å²) in [5.41, 5.74) is 0. The van der Waals surface area contributed by atoms with Crippen molar-refractivity contribution in [2.24, 2.45) is 0 Å². The van der Waals surface area contributed by atoms with Gasteiger partial charge < -0.3 is 40.9 Å². The third-order valence-corrected chi connectivity index (χ3v) is 7.03. The number of amides is 3. The summed E-state index contributed by atoms with van der Waals surface area (Å²) in [5.74, 6) is -2.38. The minimum absolute atomic E-state index is 0.0948. The highest BCUT2D eigenvalue weighted by molar-refractivity contribution is 5.83. The molecule has 17 heteroatoms. The number of hydrogen-bond donors (Lipinski definition) is 6. The van der Waals surface area contributed by atoms with Gasteiger partial charge in [0.05, 0.1) is 32.8 Å². The number of ether oxygens (including phenoxy) is 1. The van der Waals surface area contributed by atoms with Gasteiger partial charge in [-0.3, -0.25) is 43.5 Å². The molecule has 0 bridgehead atoms. The fraction of sp³-hybridized carbons (Fsp3) is 0.806. The summed E-state index contributed by atoms with van der Waals surface area (Å²) in [6.45, 7) is 14.7. The van der Waals surface area contributed by atoms with Gasteiger partial charge in [-0.05, 0) is 13.0 Å². The first-order valence-electron chi connectivity index (χ1n) is 16.8. The number of nitrogens with one attached hydrogen (secondary N) is 3. The Morgan fingerprint density at radius 2 is 0.979 bits per heavy atom. The van der Waals surface area contributed by atoms with Gasteiger partial charge >= 0.3 is 11.9 Å². The summed E-state index contributed by atoms with van der Waals surface area (Å²) in [6, 6.07) is 0. The molecule has 0 unspecified atom stereocenters. The molecule has 1 aliphatic rings. The lowest BCUT2D eigenvalue weighted by Gasteiger charge is -2.33. The van der Waals surface area contributed by atoms with E-state index in [0.717, 1.165) is 19.4 Å². The first kappa shape index (κ1) is 46.7. The Morgan fingerprint density at radius 1 is 0.625 bits per heavy atom. The number of carbonyl (C=O) groups excluding carboxylic acids is 3. The van der Waals surface area contributed by atoms with Crippen LogP contribution in [-0.4, -0.2) is 182 Å². The molecule has 280 valence electrons. The SMILES string of the molecule is CC.CCCCNC(=O)CCC(=O)NCCOCCNC(=O)CN1CCN(CC)CCN(CC(=O)O)CCN(CC(=O)O)CC1.O=CO. The van der Waals surface area contributed by atoms with Crippen LogP contribution in [0, 0.1) is 0 Å². The summed E-state index contributed by atoms with van der Waals surface area (Å²) in [4.78, 5) is 75.1. The number of carboxylic acids is 2. The molecule has 0 aromatic rings. The van der Waals surface area contributed by atoms with Crippen molar-refractivity contribution in [1.29, 1.82) is 0 Å². The third kappa shape index (κ3) is 28.8. The van der Waals surface area contributed by atoms with Gasteiger partial charge in [-0.2, -0.15) is 0 Å². The smallest absolute Gasteiger partial charge is 0.317 e. The molecule has 1 saturated heterocycles. The summed E-state index contributed by atoms with van der Waals surface area (Å²) in [5, 5.41) is 33.8. The molecule has 0 radical (unpaired) electrons. The van der Waals surface area contributed by atoms with Gasteiger partial charge in [-0.15, -0.1) is 0 Å². The van der Waals surface area contributed by atoms with Crippen LogP contribution in [0.1, 0.15) is 53.4 Å². The maximum atomic E-state index is 12.6. The molecule has 0 saturated carbocycles. The van der Waals surface area contributed by atoms with Crippen LogP contribution < -0.4 is 16.0 Å². The molecule has 0 aromatic heterocycles. The monoisotopic (exact) mass is 691 g/mol. The highest BCUT2D eigenvalue weighted by atomic mass is 16.5. The number of rotatable bonds is 19. The Morgan fingerprint density at radius 3 is 1.35 bits per heavy atom. The second-order valence-electron chi connectivity index (χ2n) is 10.7. The number of carbonyl (C=O) groups is 6. The van der Waals surface area contributed by atoms with E-state index in [0.29, 0.717) is 72.0 Å². The molecule has 0 atom stereocenters. The number of hydrogen-bond acceptors (Lipinski definition) is 11. The van der Waals surface area contributed by atoms with E-state index in [1.54, 1.807) is 4.90 Å². The highest BCUT2D eigenvalue weighted by Gasteiger charge is 2.19. The molecular weight excluding hydrogens is 630 g/mol. The van der Waals surface area contributed by atoms with Crippen molar-refractivity contribution in [2.45, 2.75) is 53.4 Å². The molecule has 1 rings (SSSR count). The maximum Gasteiger partial charge on any atom is 0.317 e. The fourth-order valence-electron chi connectivity index (χ4n) is 4.45. The van der Waals surface area contributed by atoms with Crippen LogP contribution in [0.3, 0.4) is 0 Å². The fourth-order valence-corrected chi connectivity index (χ4v) is 4.45. The normalized spacial score (nSPS) is 15.2. The number of carboxylic acid groups (broad SMARTS) is 3. The Bertz CT molecular complexity index is 898. The average Bonchev–Trinajstić information content (AvgIpc) is 3.04. The van der Waals surface area contributed by atoms with Gasteiger partial charge in [-0.25, -0.2) is 0 Å². The molecule has 1 aliphatic heterocycles. The standard InChI is InChI=1S/C28H53N7O8.C2H6.CH2O2/c1-3-5-8-29-24(36)6-7-25(37)30-9-19-43-20-10-31-26(38)21-33-13-11-32(4-2)12-14-34(22-27(39)40)17-18-35(16-15-33)23-28(41)42;1-2;2-1-3/h3-23H2,1-2H3,(H,29,36)(H,30,37)(H,31,38)(H,39,40)(H,41,42);1-2H3;1H,(H,2,3). The van der Waals surface area contributed by atoms with Gasteiger partial charge in [0.1, 0.15) is 0 Å². The quantitative estimate of drug-likeness (QED) is 0.0712. The van der Waals surface area contributed by atoms with Crippen molar-refractivity contribution in [2.75, 3.05) is 111 Å². The van der Waals surface area contributed by atoms with E-state index in [1.165, 1.54) is 0 Å². The van der Waals surface area contributed by atoms with Crippen LogP contribution in [-0.2, 0) is 33.5 Å². The topological polar surface area (TPSA) is 221 Å². The van der Waals surface area contributed by atoms with E-state index >= 15 is 0 Å². The molecule has 0 aliphatic carbocycles. The van der Waals surface area contributed by atoms with Crippen LogP contribution in [0.5, 0.6) is 0 Å². The minimum Gasteiger partial charge on any atom is -0.483 e. The van der Waals surface area contributed by atoms with Crippen molar-refractivity contribution in [3.63, 3.8) is 0 Å². The predicted molar refractivity (Wildman–Crippen MR) is 181 cm³/mol. The van der Waals surface area contributed by atoms with Crippen molar-refractivity contribution in [3.8, 4) is 0 Å². The predicted octanol–water partition coefficient (Wildman–Crippen LogP) is -0.930. The molecule has 0 aromatic carbocycles. The van der Waals surface area contributed by atoms with Gasteiger partial charge in [0.25, 0.3) is 6.47 Å². The van der Waals surface area contributed by atoms with Crippen molar-refractivity contribution < 1.29 is 48.8 Å². The molecule has 6 N–H and O–H groups in total. The van der Waals surface area contributed by atoms with Crippen LogP contribution >= 0.6 is 0 Å². The van der Waals surface area contributed by atoms with E-state index in [4.69, 9.17) is 14.6 Å². The summed E-state index contributed by atoms with van der Waals surface area (Å²) in [6.07, 6.45) is 2.18. The number of nitrogens with zero attached hydrogens (tertiary/aromatic N) is 4. The van der Waals surface area contributed by atoms with Gasteiger partial charge in [0.15, 0.2) is 0 Å². The van der Waals surface area contributed by atoms with E-state index in [9.17, 15) is 34.2 Å². The lowest BCUT2D eigenvalue weighted by Crippen LogP contribution is -2.49. The lowest BCUT2D eigenvalue weighted by atomic mass is 10.2. The summed E-state index contributed by atoms with van der Waals surface area (Å²) >= 11 is 0. The number of unbranched alkanes of at least 4 members (excludes halogenated alkanes) is 1. The Balaban J connectivity index is 0. The van der Waals surface area contributed by atoms with E-state index in [-0.39, 0.29) is 69.9 Å². The second-order valence-corrected chi connectivity index (χ2v) is 10.7. The van der Waals surface area contributed by atoms with E-state index in [1.807, 2.05) is 37.5 Å². The zero-order valence-electron chi connectivity index (χ0n) is 29.4. The Hall–Kier alpha value is -3.38. The maximum absolute atomic E-state index is 12.6. The molecule has 3 amide bonds. The molecule has 1 fully saturated rings. The lowest BCUT2D eigenvalue weighted by molar-refractivity contribution is -0.140. The summed E-state index contributed by atoms with van der Waals surface area (Å²) in [7, 11) is 0. The second kappa shape index (κ2) is 32.2. The molecular formula is C31H61N7O10. The Labute approximate surface area is 285 Å². The van der Waals surface area contributed by atoms with Gasteiger partial charge in [0.2, 0.25) is 17.7 Å². The average molecular weight is 692 g/mol. The summed E-state index contributed by atoms with van der Waals surface area (Å²) < 4.78 is 5.49. The van der Waals surface area contributed by atoms with Gasteiger partial charge in [0, 0.05) is 84.8 Å². The van der Waals surface area contributed by atoms with E-state index in [2.05, 4.69) is 20.9 Å². The number of likely N-dealkylation sites (N-methyl/N-ethyl adjacent to an activating group) is 1. The minimum atomic E-state index is -0.955. The van der Waals surface area contributed by atoms with Crippen LogP contribution in [0.2, 0.25) is 0 Å². The first-order chi connectivity index (χ1) is 23.0. The number of aliphatic carboxylic acids is 2. The zero-order chi connectivity index (χ0) is 36.6.